The summed E-state index contributed by atoms with van der Waals surface area (Å²) in [6.07, 6.45) is 9.40. The minimum Gasteiger partial charge on any atom is -0.351 e. The number of anilines is 1. The predicted molar refractivity (Wildman–Crippen MR) is 137 cm³/mol. The highest BCUT2D eigenvalue weighted by Crippen LogP contribution is 2.42. The Balaban J connectivity index is 1.61. The fourth-order valence-corrected chi connectivity index (χ4v) is 6.55. The van der Waals surface area contributed by atoms with Crippen molar-refractivity contribution in [2.75, 3.05) is 5.32 Å². The van der Waals surface area contributed by atoms with Crippen LogP contribution in [0.25, 0.3) is 10.9 Å². The van der Waals surface area contributed by atoms with Crippen molar-refractivity contribution in [3.05, 3.63) is 30.0 Å². The number of nitrogens with zero attached hydrogens (tertiary/aromatic N) is 2. The van der Waals surface area contributed by atoms with Gasteiger partial charge in [-0.25, -0.2) is 0 Å². The highest BCUT2D eigenvalue weighted by Gasteiger charge is 2.52. The van der Waals surface area contributed by atoms with E-state index in [1.54, 1.807) is 0 Å². The Morgan fingerprint density at radius 3 is 2.37 bits per heavy atom. The molecule has 1 aliphatic heterocycles. The zero-order valence-electron chi connectivity index (χ0n) is 21.2. The van der Waals surface area contributed by atoms with Gasteiger partial charge in [0.05, 0.1) is 17.7 Å². The van der Waals surface area contributed by atoms with Gasteiger partial charge in [-0.3, -0.25) is 14.4 Å². The van der Waals surface area contributed by atoms with Crippen LogP contribution in [0.4, 0.5) is 5.69 Å². The third-order valence-corrected chi connectivity index (χ3v) is 8.47. The van der Waals surface area contributed by atoms with Crippen molar-refractivity contribution in [3.8, 4) is 0 Å². The Labute approximate surface area is 207 Å². The number of para-hydroxylation sites is 1. The molecular weight excluding hydrogens is 440 g/mol. The number of hydrogen-bond acceptors (Lipinski definition) is 3. The Kier molecular flexibility index (Phi) is 6.36. The number of benzene rings is 1. The molecule has 35 heavy (non-hydrogen) atoms. The number of nitrogens with one attached hydrogen (secondary N) is 2. The second-order valence-electron chi connectivity index (χ2n) is 11.2. The van der Waals surface area contributed by atoms with E-state index in [1.165, 1.54) is 13.3 Å². The second kappa shape index (κ2) is 9.32. The zero-order valence-corrected chi connectivity index (χ0v) is 21.2. The normalized spacial score (nSPS) is 27.5. The number of aromatic nitrogens is 1. The molecule has 2 aromatic rings. The van der Waals surface area contributed by atoms with Crippen LogP contribution in [0.2, 0.25) is 0 Å². The number of fused-ring (bicyclic) bond motifs is 3. The van der Waals surface area contributed by atoms with Crippen LogP contribution >= 0.6 is 0 Å². The van der Waals surface area contributed by atoms with E-state index in [2.05, 4.69) is 17.6 Å². The van der Waals surface area contributed by atoms with E-state index in [0.29, 0.717) is 23.8 Å². The van der Waals surface area contributed by atoms with Crippen molar-refractivity contribution < 1.29 is 14.4 Å². The summed E-state index contributed by atoms with van der Waals surface area (Å²) in [6.45, 7) is 6.04. The molecule has 1 aromatic carbocycles. The van der Waals surface area contributed by atoms with Crippen molar-refractivity contribution in [3.63, 3.8) is 0 Å². The van der Waals surface area contributed by atoms with E-state index < -0.39 is 5.54 Å². The van der Waals surface area contributed by atoms with Gasteiger partial charge < -0.3 is 20.1 Å². The van der Waals surface area contributed by atoms with Gasteiger partial charge in [-0.2, -0.15) is 0 Å². The third-order valence-electron chi connectivity index (χ3n) is 8.47. The van der Waals surface area contributed by atoms with Crippen molar-refractivity contribution in [1.29, 1.82) is 0 Å². The van der Waals surface area contributed by atoms with E-state index in [0.717, 1.165) is 62.3 Å². The molecule has 1 aromatic heterocycles. The maximum atomic E-state index is 14.4. The Morgan fingerprint density at radius 1 is 1.00 bits per heavy atom. The first-order chi connectivity index (χ1) is 16.8. The number of carbonyl (C=O) groups excluding carboxylic acids is 3. The lowest BCUT2D eigenvalue weighted by atomic mass is 9.82. The van der Waals surface area contributed by atoms with Gasteiger partial charge in [0, 0.05) is 24.4 Å². The van der Waals surface area contributed by atoms with Crippen LogP contribution in [0.5, 0.6) is 0 Å². The highest BCUT2D eigenvalue weighted by molar-refractivity contribution is 6.14. The quantitative estimate of drug-likeness (QED) is 0.659. The Hall–Kier alpha value is -2.83. The molecule has 0 bridgehead atoms. The van der Waals surface area contributed by atoms with Gasteiger partial charge in [0.25, 0.3) is 5.91 Å². The van der Waals surface area contributed by atoms with Crippen molar-refractivity contribution in [2.45, 2.75) is 103 Å². The summed E-state index contributed by atoms with van der Waals surface area (Å²) in [5.41, 5.74) is 0.917. The summed E-state index contributed by atoms with van der Waals surface area (Å²) in [5.74, 6) is 0.214. The van der Waals surface area contributed by atoms with Gasteiger partial charge in [0.1, 0.15) is 11.2 Å². The summed E-state index contributed by atoms with van der Waals surface area (Å²) in [4.78, 5) is 42.3. The second-order valence-corrected chi connectivity index (χ2v) is 11.2. The molecule has 2 heterocycles. The maximum absolute atomic E-state index is 14.4. The molecule has 188 valence electrons. The van der Waals surface area contributed by atoms with Crippen molar-refractivity contribution >= 4 is 34.3 Å². The standard InChI is InChI=1S/C28H38N4O3/c1-18-13-15-21(16-14-18)32-26(34)25-24(29-19(2)33)22-11-7-8-12-23(22)31(25)17-28(32,3)27(35)30-20-9-5-4-6-10-20/h7-8,11-12,18,20-21H,4-6,9-10,13-17H2,1-3H3,(H,29,33)(H,30,35)/t18?,21?,28-/m1/s1. The fourth-order valence-electron chi connectivity index (χ4n) is 6.55. The lowest BCUT2D eigenvalue weighted by molar-refractivity contribution is -0.135. The first-order valence-corrected chi connectivity index (χ1v) is 13.3. The van der Waals surface area contributed by atoms with Gasteiger partial charge in [-0.15, -0.1) is 0 Å². The Morgan fingerprint density at radius 2 is 1.69 bits per heavy atom. The van der Waals surface area contributed by atoms with Crippen molar-refractivity contribution in [2.24, 2.45) is 5.92 Å². The van der Waals surface area contributed by atoms with Gasteiger partial charge in [0.15, 0.2) is 0 Å². The smallest absolute Gasteiger partial charge is 0.273 e. The lowest BCUT2D eigenvalue weighted by Crippen LogP contribution is -2.67. The molecule has 0 unspecified atom stereocenters. The first-order valence-electron chi connectivity index (χ1n) is 13.3. The molecule has 2 N–H and O–H groups in total. The molecule has 2 fully saturated rings. The maximum Gasteiger partial charge on any atom is 0.273 e. The van der Waals surface area contributed by atoms with Crippen LogP contribution in [-0.2, 0) is 16.1 Å². The van der Waals surface area contributed by atoms with Crippen LogP contribution in [0.1, 0.15) is 89.0 Å². The van der Waals surface area contributed by atoms with E-state index >= 15 is 0 Å². The summed E-state index contributed by atoms with van der Waals surface area (Å²) in [6, 6.07) is 7.94. The minimum absolute atomic E-state index is 0.0118. The van der Waals surface area contributed by atoms with Gasteiger partial charge in [-0.05, 0) is 57.4 Å². The van der Waals surface area contributed by atoms with E-state index in [1.807, 2.05) is 40.7 Å². The molecule has 0 saturated heterocycles. The van der Waals surface area contributed by atoms with Crippen molar-refractivity contribution in [1.82, 2.24) is 14.8 Å². The van der Waals surface area contributed by atoms with E-state index in [-0.39, 0.29) is 29.8 Å². The molecule has 2 aliphatic carbocycles. The van der Waals surface area contributed by atoms with Gasteiger partial charge in [0.2, 0.25) is 11.8 Å². The number of hydrogen-bond donors (Lipinski definition) is 2. The van der Waals surface area contributed by atoms with Crippen LogP contribution in [0.15, 0.2) is 24.3 Å². The monoisotopic (exact) mass is 478 g/mol. The molecule has 3 amide bonds. The molecule has 1 atom stereocenters. The van der Waals surface area contributed by atoms with E-state index in [4.69, 9.17) is 0 Å². The SMILES string of the molecule is CC(=O)Nc1c2n(c3ccccc13)C[C@](C)(C(=O)NC1CCCCC1)N(C1CCC(C)CC1)C2=O. The average molecular weight is 479 g/mol. The molecule has 7 nitrogen and oxygen atoms in total. The van der Waals surface area contributed by atoms with E-state index in [9.17, 15) is 14.4 Å². The van der Waals surface area contributed by atoms with Crippen LogP contribution in [-0.4, -0.2) is 44.8 Å². The number of amides is 3. The van der Waals surface area contributed by atoms with Crippen LogP contribution in [0.3, 0.4) is 0 Å². The Bertz CT molecular complexity index is 1140. The molecule has 0 spiro atoms. The van der Waals surface area contributed by atoms with Gasteiger partial charge in [-0.1, -0.05) is 44.4 Å². The fraction of sp³-hybridized carbons (Fsp3) is 0.607. The van der Waals surface area contributed by atoms with Crippen LogP contribution in [0, 0.1) is 5.92 Å². The molecule has 7 heteroatoms. The summed E-state index contributed by atoms with van der Waals surface area (Å²) in [7, 11) is 0. The van der Waals surface area contributed by atoms with Crippen LogP contribution < -0.4 is 10.6 Å². The molecule has 0 radical (unpaired) electrons. The highest BCUT2D eigenvalue weighted by atomic mass is 16.2. The molecule has 2 saturated carbocycles. The largest absolute Gasteiger partial charge is 0.351 e. The first kappa shape index (κ1) is 23.9. The molecular formula is C28H38N4O3. The summed E-state index contributed by atoms with van der Waals surface area (Å²) in [5, 5.41) is 7.09. The third kappa shape index (κ3) is 4.23. The summed E-state index contributed by atoms with van der Waals surface area (Å²) >= 11 is 0. The number of rotatable bonds is 4. The average Bonchev–Trinajstić information content (AvgIpc) is 3.13. The zero-order chi connectivity index (χ0) is 24.7. The molecule has 5 rings (SSSR count). The topological polar surface area (TPSA) is 83.4 Å². The molecule has 3 aliphatic rings. The van der Waals surface area contributed by atoms with Gasteiger partial charge >= 0.3 is 0 Å². The lowest BCUT2D eigenvalue weighted by Gasteiger charge is -2.50. The predicted octanol–water partition coefficient (Wildman–Crippen LogP) is 4.84. The minimum atomic E-state index is -0.998. The summed E-state index contributed by atoms with van der Waals surface area (Å²) < 4.78 is 1.96. The number of carbonyl (C=O) groups is 3.